The van der Waals surface area contributed by atoms with Crippen molar-refractivity contribution in [3.63, 3.8) is 0 Å². The van der Waals surface area contributed by atoms with Crippen molar-refractivity contribution >= 4 is 6.21 Å². The van der Waals surface area contributed by atoms with Crippen molar-refractivity contribution in [2.24, 2.45) is 4.99 Å². The van der Waals surface area contributed by atoms with E-state index in [1.165, 1.54) is 0 Å². The van der Waals surface area contributed by atoms with Crippen molar-refractivity contribution in [1.29, 1.82) is 0 Å². The van der Waals surface area contributed by atoms with Gasteiger partial charge in [0, 0.05) is 37.1 Å². The van der Waals surface area contributed by atoms with E-state index in [2.05, 4.69) is 36.1 Å². The van der Waals surface area contributed by atoms with Gasteiger partial charge in [0.05, 0.1) is 24.9 Å². The summed E-state index contributed by atoms with van der Waals surface area (Å²) in [5, 5.41) is 13.2. The Morgan fingerprint density at radius 2 is 2.29 bits per heavy atom. The summed E-state index contributed by atoms with van der Waals surface area (Å²) in [5.74, 6) is 0. The van der Waals surface area contributed by atoms with Crippen molar-refractivity contribution in [3.8, 4) is 0 Å². The van der Waals surface area contributed by atoms with E-state index in [1.807, 2.05) is 24.5 Å². The topological polar surface area (TPSA) is 66.7 Å². The number of hydrogen-bond donors (Lipinski definition) is 2. The molecule has 0 bridgehead atoms. The number of aliphatic imine (C=N–C) groups is 1. The van der Waals surface area contributed by atoms with Crippen molar-refractivity contribution in [2.45, 2.75) is 51.0 Å². The molecule has 5 nitrogen and oxygen atoms in total. The first-order valence-electron chi connectivity index (χ1n) is 7.42. The second-order valence-corrected chi connectivity index (χ2v) is 6.49. The highest BCUT2D eigenvalue weighted by Gasteiger charge is 2.23. The Balaban J connectivity index is 1.70. The summed E-state index contributed by atoms with van der Waals surface area (Å²) in [5.41, 5.74) is 1.11. The zero-order valence-electron chi connectivity index (χ0n) is 13.0. The first-order valence-corrected chi connectivity index (χ1v) is 7.42. The van der Waals surface area contributed by atoms with Crippen molar-refractivity contribution in [3.05, 3.63) is 30.1 Å². The number of aliphatic hydroxyl groups is 1. The molecular formula is C16H25N3O2. The SMILES string of the molecule is CC(C)(C)NC[C@@H](O)COC1C=NC(c2cccnc2)C1. The Morgan fingerprint density at radius 3 is 2.95 bits per heavy atom. The number of ether oxygens (including phenoxy) is 1. The third kappa shape index (κ3) is 5.53. The zero-order chi connectivity index (χ0) is 15.3. The fraction of sp³-hybridized carbons (Fsp3) is 0.625. The summed E-state index contributed by atoms with van der Waals surface area (Å²) in [6, 6.07) is 4.06. The van der Waals surface area contributed by atoms with Gasteiger partial charge in [0.25, 0.3) is 0 Å². The van der Waals surface area contributed by atoms with Crippen molar-refractivity contribution < 1.29 is 9.84 Å². The number of aliphatic hydroxyl groups excluding tert-OH is 1. The molecule has 1 aliphatic rings. The summed E-state index contributed by atoms with van der Waals surface area (Å²) >= 11 is 0. The predicted molar refractivity (Wildman–Crippen MR) is 83.6 cm³/mol. The van der Waals surface area contributed by atoms with Gasteiger partial charge in [0.1, 0.15) is 0 Å². The summed E-state index contributed by atoms with van der Waals surface area (Å²) in [4.78, 5) is 8.58. The van der Waals surface area contributed by atoms with Gasteiger partial charge >= 0.3 is 0 Å². The van der Waals surface area contributed by atoms with E-state index in [9.17, 15) is 5.11 Å². The molecule has 2 unspecified atom stereocenters. The van der Waals surface area contributed by atoms with Gasteiger partial charge in [-0.1, -0.05) is 6.07 Å². The van der Waals surface area contributed by atoms with E-state index in [0.717, 1.165) is 12.0 Å². The normalized spacial score (nSPS) is 23.4. The molecule has 2 rings (SSSR count). The lowest BCUT2D eigenvalue weighted by Crippen LogP contribution is -2.42. The van der Waals surface area contributed by atoms with E-state index >= 15 is 0 Å². The highest BCUT2D eigenvalue weighted by molar-refractivity contribution is 5.66. The molecule has 0 aromatic carbocycles. The van der Waals surface area contributed by atoms with Gasteiger partial charge in [0.15, 0.2) is 0 Å². The maximum absolute atomic E-state index is 9.91. The van der Waals surface area contributed by atoms with Gasteiger partial charge in [-0.3, -0.25) is 9.98 Å². The van der Waals surface area contributed by atoms with Crippen LogP contribution in [-0.2, 0) is 4.74 Å². The van der Waals surface area contributed by atoms with Crippen molar-refractivity contribution in [1.82, 2.24) is 10.3 Å². The number of hydrogen-bond acceptors (Lipinski definition) is 5. The first-order chi connectivity index (χ1) is 9.94. The molecule has 0 spiro atoms. The summed E-state index contributed by atoms with van der Waals surface area (Å²) in [6.07, 6.45) is 5.71. The fourth-order valence-electron chi connectivity index (χ4n) is 2.17. The maximum Gasteiger partial charge on any atom is 0.0946 e. The number of aromatic nitrogens is 1. The van der Waals surface area contributed by atoms with Crippen LogP contribution in [-0.4, -0.2) is 47.2 Å². The standard InChI is InChI=1S/C16H25N3O2/c1-16(2,3)19-9-13(20)11-21-14-7-15(18-10-14)12-5-4-6-17-8-12/h4-6,8,10,13-15,19-20H,7,9,11H2,1-3H3/t13-,14?,15?/m1/s1. The second kappa shape index (κ2) is 7.11. The third-order valence-electron chi connectivity index (χ3n) is 3.33. The Hall–Kier alpha value is -1.30. The number of pyridine rings is 1. The number of nitrogens with zero attached hydrogens (tertiary/aromatic N) is 2. The lowest BCUT2D eigenvalue weighted by Gasteiger charge is -2.23. The minimum atomic E-state index is -0.505. The second-order valence-electron chi connectivity index (χ2n) is 6.49. The van der Waals surface area contributed by atoms with Gasteiger partial charge in [-0.15, -0.1) is 0 Å². The van der Waals surface area contributed by atoms with Crippen LogP contribution in [0.5, 0.6) is 0 Å². The third-order valence-corrected chi connectivity index (χ3v) is 3.33. The molecule has 0 fully saturated rings. The molecule has 0 amide bonds. The van der Waals surface area contributed by atoms with Crippen LogP contribution >= 0.6 is 0 Å². The van der Waals surface area contributed by atoms with E-state index in [4.69, 9.17) is 4.74 Å². The Kier molecular flexibility index (Phi) is 5.45. The fourth-order valence-corrected chi connectivity index (χ4v) is 2.17. The average molecular weight is 291 g/mol. The molecule has 0 aliphatic carbocycles. The Labute approximate surface area is 126 Å². The molecule has 0 saturated heterocycles. The Bertz CT molecular complexity index is 456. The maximum atomic E-state index is 9.91. The van der Waals surface area contributed by atoms with Crippen LogP contribution in [0.1, 0.15) is 38.8 Å². The van der Waals surface area contributed by atoms with E-state index in [1.54, 1.807) is 6.20 Å². The molecule has 2 heterocycles. The summed E-state index contributed by atoms with van der Waals surface area (Å²) < 4.78 is 5.72. The Morgan fingerprint density at radius 1 is 1.48 bits per heavy atom. The smallest absolute Gasteiger partial charge is 0.0946 e. The number of rotatable bonds is 6. The molecule has 2 N–H and O–H groups in total. The summed E-state index contributed by atoms with van der Waals surface area (Å²) in [6.45, 7) is 7.06. The minimum Gasteiger partial charge on any atom is -0.389 e. The van der Waals surface area contributed by atoms with Gasteiger partial charge in [-0.2, -0.15) is 0 Å². The molecule has 5 heteroatoms. The first kappa shape index (κ1) is 16.1. The number of nitrogens with one attached hydrogen (secondary N) is 1. The summed E-state index contributed by atoms with van der Waals surface area (Å²) in [7, 11) is 0. The molecule has 0 saturated carbocycles. The van der Waals surface area contributed by atoms with E-state index < -0.39 is 6.10 Å². The zero-order valence-corrected chi connectivity index (χ0v) is 13.0. The van der Waals surface area contributed by atoms with Crippen LogP contribution in [0.3, 0.4) is 0 Å². The van der Waals surface area contributed by atoms with Crippen molar-refractivity contribution in [2.75, 3.05) is 13.2 Å². The molecule has 1 aliphatic heterocycles. The van der Waals surface area contributed by atoms with Crippen LogP contribution in [0.4, 0.5) is 0 Å². The number of β-amino-alcohol motifs (C(OH)–C–C–N with tert-alkyl or cyclic N) is 1. The molecule has 21 heavy (non-hydrogen) atoms. The monoisotopic (exact) mass is 291 g/mol. The van der Waals surface area contributed by atoms with Gasteiger partial charge in [-0.25, -0.2) is 0 Å². The molecule has 3 atom stereocenters. The molecule has 116 valence electrons. The largest absolute Gasteiger partial charge is 0.389 e. The minimum absolute atomic E-state index is 0.00119. The van der Waals surface area contributed by atoms with Crippen LogP contribution in [0.2, 0.25) is 0 Å². The predicted octanol–water partition coefficient (Wildman–Crippen LogP) is 1.73. The average Bonchev–Trinajstić information content (AvgIpc) is 2.92. The lowest BCUT2D eigenvalue weighted by molar-refractivity contribution is 0.0153. The highest BCUT2D eigenvalue weighted by atomic mass is 16.5. The molecule has 1 aromatic heterocycles. The van der Waals surface area contributed by atoms with Crippen LogP contribution in [0.15, 0.2) is 29.5 Å². The quantitative estimate of drug-likeness (QED) is 0.837. The van der Waals surface area contributed by atoms with Crippen LogP contribution in [0.25, 0.3) is 0 Å². The molecule has 0 radical (unpaired) electrons. The van der Waals surface area contributed by atoms with Gasteiger partial charge in [-0.05, 0) is 32.4 Å². The van der Waals surface area contributed by atoms with Gasteiger partial charge < -0.3 is 15.2 Å². The van der Waals surface area contributed by atoms with Crippen LogP contribution < -0.4 is 5.32 Å². The highest BCUT2D eigenvalue weighted by Crippen LogP contribution is 2.27. The lowest BCUT2D eigenvalue weighted by atomic mass is 10.1. The van der Waals surface area contributed by atoms with Crippen LogP contribution in [0, 0.1) is 0 Å². The van der Waals surface area contributed by atoms with Gasteiger partial charge in [0.2, 0.25) is 0 Å². The van der Waals surface area contributed by atoms with E-state index in [0.29, 0.717) is 13.2 Å². The molecule has 1 aromatic rings. The molecular weight excluding hydrogens is 266 g/mol. The van der Waals surface area contributed by atoms with E-state index in [-0.39, 0.29) is 17.7 Å².